The van der Waals surface area contributed by atoms with Gasteiger partial charge >= 0.3 is 0 Å². The van der Waals surface area contributed by atoms with Crippen molar-refractivity contribution in [2.75, 3.05) is 13.6 Å². The minimum absolute atomic E-state index is 0.115. The summed E-state index contributed by atoms with van der Waals surface area (Å²) < 4.78 is 6.08. The van der Waals surface area contributed by atoms with Crippen LogP contribution in [0.1, 0.15) is 6.42 Å². The summed E-state index contributed by atoms with van der Waals surface area (Å²) in [6.45, 7) is 0.786. The number of oxazole rings is 1. The quantitative estimate of drug-likeness (QED) is 0.702. The Bertz CT molecular complexity index is 820. The fraction of sp³-hybridized carbons (Fsp3) is 0.200. The molecule has 25 heavy (non-hydrogen) atoms. The Hall–Kier alpha value is -2.53. The standard InChI is InChI=1S/C20H18N2O2S/c1-22-13-12-16(19(22)23)25-20-21-17(14-8-4-2-5-9-14)18(24-20)15-10-6-3-7-11-15/h2-11,16H,12-13H2,1H3. The highest BCUT2D eigenvalue weighted by Gasteiger charge is 2.32. The molecular formula is C20H18N2O2S. The van der Waals surface area contributed by atoms with Crippen molar-refractivity contribution >= 4 is 17.7 Å². The van der Waals surface area contributed by atoms with Crippen LogP contribution in [-0.4, -0.2) is 34.6 Å². The van der Waals surface area contributed by atoms with Crippen LogP contribution < -0.4 is 0 Å². The topological polar surface area (TPSA) is 46.3 Å². The van der Waals surface area contributed by atoms with Crippen molar-refractivity contribution in [3.05, 3.63) is 60.7 Å². The fourth-order valence-electron chi connectivity index (χ4n) is 2.95. The second kappa shape index (κ2) is 6.76. The summed E-state index contributed by atoms with van der Waals surface area (Å²) in [7, 11) is 1.84. The van der Waals surface area contributed by atoms with E-state index < -0.39 is 0 Å². The molecule has 4 nitrogen and oxygen atoms in total. The highest BCUT2D eigenvalue weighted by molar-refractivity contribution is 8.00. The molecule has 1 aromatic heterocycles. The van der Waals surface area contributed by atoms with Crippen molar-refractivity contribution in [3.63, 3.8) is 0 Å². The van der Waals surface area contributed by atoms with Gasteiger partial charge in [-0.3, -0.25) is 4.79 Å². The molecule has 0 N–H and O–H groups in total. The summed E-state index contributed by atoms with van der Waals surface area (Å²) in [4.78, 5) is 18.6. The van der Waals surface area contributed by atoms with E-state index in [1.807, 2.05) is 67.7 Å². The third-order valence-corrected chi connectivity index (χ3v) is 5.41. The lowest BCUT2D eigenvalue weighted by molar-refractivity contribution is -0.126. The number of carbonyl (C=O) groups excluding carboxylic acids is 1. The highest BCUT2D eigenvalue weighted by atomic mass is 32.2. The Morgan fingerprint density at radius 2 is 1.68 bits per heavy atom. The van der Waals surface area contributed by atoms with Crippen molar-refractivity contribution in [2.24, 2.45) is 0 Å². The van der Waals surface area contributed by atoms with E-state index in [0.29, 0.717) is 5.22 Å². The minimum Gasteiger partial charge on any atom is -0.431 e. The number of rotatable bonds is 4. The lowest BCUT2D eigenvalue weighted by Gasteiger charge is -2.07. The van der Waals surface area contributed by atoms with Gasteiger partial charge in [0.2, 0.25) is 5.91 Å². The van der Waals surface area contributed by atoms with Gasteiger partial charge in [-0.2, -0.15) is 0 Å². The maximum Gasteiger partial charge on any atom is 0.257 e. The van der Waals surface area contributed by atoms with Gasteiger partial charge < -0.3 is 9.32 Å². The molecule has 1 unspecified atom stereocenters. The summed E-state index contributed by atoms with van der Waals surface area (Å²) in [5, 5.41) is 0.433. The van der Waals surface area contributed by atoms with E-state index in [1.165, 1.54) is 11.8 Å². The number of amides is 1. The first kappa shape index (κ1) is 16.0. The molecule has 1 aliphatic heterocycles. The lowest BCUT2D eigenvalue weighted by Crippen LogP contribution is -2.23. The molecule has 0 aliphatic carbocycles. The molecule has 1 aliphatic rings. The third-order valence-electron chi connectivity index (χ3n) is 4.31. The molecule has 0 saturated carbocycles. The van der Waals surface area contributed by atoms with E-state index in [-0.39, 0.29) is 11.2 Å². The molecule has 1 saturated heterocycles. The van der Waals surface area contributed by atoms with Crippen molar-refractivity contribution in [2.45, 2.75) is 16.9 Å². The van der Waals surface area contributed by atoms with Crippen LogP contribution in [0.4, 0.5) is 0 Å². The number of hydrogen-bond acceptors (Lipinski definition) is 4. The monoisotopic (exact) mass is 350 g/mol. The molecular weight excluding hydrogens is 332 g/mol. The van der Waals surface area contributed by atoms with Crippen LogP contribution in [0.5, 0.6) is 0 Å². The molecule has 2 aromatic carbocycles. The smallest absolute Gasteiger partial charge is 0.257 e. The van der Waals surface area contributed by atoms with E-state index in [1.54, 1.807) is 4.90 Å². The highest BCUT2D eigenvalue weighted by Crippen LogP contribution is 2.38. The van der Waals surface area contributed by atoms with Crippen LogP contribution in [0.25, 0.3) is 22.6 Å². The number of aromatic nitrogens is 1. The van der Waals surface area contributed by atoms with E-state index in [2.05, 4.69) is 0 Å². The predicted octanol–water partition coefficient (Wildman–Crippen LogP) is 4.33. The van der Waals surface area contributed by atoms with Gasteiger partial charge in [-0.25, -0.2) is 4.98 Å². The zero-order chi connectivity index (χ0) is 17.2. The number of likely N-dealkylation sites (tertiary alicyclic amines) is 1. The summed E-state index contributed by atoms with van der Waals surface area (Å²) >= 11 is 1.42. The van der Waals surface area contributed by atoms with Gasteiger partial charge in [0, 0.05) is 24.7 Å². The van der Waals surface area contributed by atoms with E-state index in [9.17, 15) is 4.79 Å². The second-order valence-corrected chi connectivity index (χ2v) is 7.20. The van der Waals surface area contributed by atoms with Crippen LogP contribution in [0.3, 0.4) is 0 Å². The number of nitrogens with zero attached hydrogens (tertiary/aromatic N) is 2. The normalized spacial score (nSPS) is 17.2. The Morgan fingerprint density at radius 1 is 1.04 bits per heavy atom. The molecule has 5 heteroatoms. The average Bonchev–Trinajstić information content (AvgIpc) is 3.22. The molecule has 4 rings (SSSR count). The van der Waals surface area contributed by atoms with Crippen LogP contribution >= 0.6 is 11.8 Å². The molecule has 126 valence electrons. The minimum atomic E-state index is -0.115. The summed E-state index contributed by atoms with van der Waals surface area (Å²) in [5.41, 5.74) is 2.80. The van der Waals surface area contributed by atoms with Gasteiger partial charge in [0.15, 0.2) is 5.76 Å². The zero-order valence-electron chi connectivity index (χ0n) is 13.9. The van der Waals surface area contributed by atoms with Gasteiger partial charge in [0.05, 0.1) is 5.25 Å². The van der Waals surface area contributed by atoms with Crippen LogP contribution in [0.2, 0.25) is 0 Å². The predicted molar refractivity (Wildman–Crippen MR) is 99.3 cm³/mol. The third kappa shape index (κ3) is 3.20. The lowest BCUT2D eigenvalue weighted by atomic mass is 10.1. The maximum absolute atomic E-state index is 12.2. The Labute approximate surface area is 150 Å². The molecule has 0 radical (unpaired) electrons. The van der Waals surface area contributed by atoms with E-state index in [0.717, 1.165) is 35.5 Å². The molecule has 1 fully saturated rings. The molecule has 3 aromatic rings. The first-order valence-electron chi connectivity index (χ1n) is 8.25. The fourth-order valence-corrected chi connectivity index (χ4v) is 3.97. The SMILES string of the molecule is CN1CCC(Sc2nc(-c3ccccc3)c(-c3ccccc3)o2)C1=O. The summed E-state index contributed by atoms with van der Waals surface area (Å²) in [5.74, 6) is 0.888. The number of benzene rings is 2. The van der Waals surface area contributed by atoms with Crippen molar-refractivity contribution in [1.29, 1.82) is 0 Å². The average molecular weight is 350 g/mol. The Morgan fingerprint density at radius 3 is 2.28 bits per heavy atom. The summed E-state index contributed by atoms with van der Waals surface area (Å²) in [6, 6.07) is 20.0. The molecule has 1 atom stereocenters. The van der Waals surface area contributed by atoms with Crippen molar-refractivity contribution in [3.8, 4) is 22.6 Å². The van der Waals surface area contributed by atoms with Gasteiger partial charge in [0.25, 0.3) is 5.22 Å². The molecule has 2 heterocycles. The largest absolute Gasteiger partial charge is 0.431 e. The van der Waals surface area contributed by atoms with Crippen LogP contribution in [0.15, 0.2) is 70.3 Å². The van der Waals surface area contributed by atoms with Gasteiger partial charge in [-0.1, -0.05) is 72.4 Å². The van der Waals surface area contributed by atoms with Gasteiger partial charge in [-0.15, -0.1) is 0 Å². The van der Waals surface area contributed by atoms with E-state index in [4.69, 9.17) is 9.40 Å². The second-order valence-electron chi connectivity index (χ2n) is 6.04. The van der Waals surface area contributed by atoms with Crippen LogP contribution in [-0.2, 0) is 4.79 Å². The number of carbonyl (C=O) groups is 1. The first-order valence-corrected chi connectivity index (χ1v) is 9.13. The van der Waals surface area contributed by atoms with Gasteiger partial charge in [-0.05, 0) is 6.42 Å². The Kier molecular flexibility index (Phi) is 4.32. The van der Waals surface area contributed by atoms with Crippen molar-refractivity contribution in [1.82, 2.24) is 9.88 Å². The zero-order valence-corrected chi connectivity index (χ0v) is 14.7. The van der Waals surface area contributed by atoms with Crippen LogP contribution in [0, 0.1) is 0 Å². The van der Waals surface area contributed by atoms with E-state index >= 15 is 0 Å². The number of hydrogen-bond donors (Lipinski definition) is 0. The number of thioether (sulfide) groups is 1. The Balaban J connectivity index is 1.72. The van der Waals surface area contributed by atoms with Crippen molar-refractivity contribution < 1.29 is 9.21 Å². The first-order chi connectivity index (χ1) is 12.2. The molecule has 0 spiro atoms. The molecule has 0 bridgehead atoms. The maximum atomic E-state index is 12.2. The molecule has 1 amide bonds. The van der Waals surface area contributed by atoms with Gasteiger partial charge in [0.1, 0.15) is 5.69 Å². The summed E-state index contributed by atoms with van der Waals surface area (Å²) in [6.07, 6.45) is 0.823.